The number of amides is 1. The van der Waals surface area contributed by atoms with Gasteiger partial charge in [-0.3, -0.25) is 9.48 Å². The van der Waals surface area contributed by atoms with Crippen LogP contribution in [0.4, 0.5) is 10.1 Å². The lowest BCUT2D eigenvalue weighted by Crippen LogP contribution is -2.43. The SMILES string of the molecule is COc1cc2nn(C)c(-c3ccc(N4CCNCC4)cc3F)c2cc1C(N)=O.Cl. The minimum Gasteiger partial charge on any atom is -0.496 e. The van der Waals surface area contributed by atoms with Crippen molar-refractivity contribution in [1.82, 2.24) is 15.1 Å². The van der Waals surface area contributed by atoms with Gasteiger partial charge in [0.05, 0.1) is 23.9 Å². The first-order valence-electron chi connectivity index (χ1n) is 9.09. The highest BCUT2D eigenvalue weighted by atomic mass is 35.5. The number of methoxy groups -OCH3 is 1. The molecule has 7 nitrogen and oxygen atoms in total. The molecule has 1 fully saturated rings. The molecule has 0 radical (unpaired) electrons. The van der Waals surface area contributed by atoms with Crippen molar-refractivity contribution in [2.75, 3.05) is 38.2 Å². The predicted molar refractivity (Wildman–Crippen MR) is 114 cm³/mol. The lowest BCUT2D eigenvalue weighted by atomic mass is 10.0. The second-order valence-corrected chi connectivity index (χ2v) is 6.81. The lowest BCUT2D eigenvalue weighted by Gasteiger charge is -2.29. The second-order valence-electron chi connectivity index (χ2n) is 6.81. The summed E-state index contributed by atoms with van der Waals surface area (Å²) in [5.74, 6) is -0.598. The van der Waals surface area contributed by atoms with E-state index >= 15 is 4.39 Å². The Morgan fingerprint density at radius 1 is 1.24 bits per heavy atom. The number of hydrogen-bond acceptors (Lipinski definition) is 5. The maximum absolute atomic E-state index is 15.1. The number of fused-ring (bicyclic) bond motifs is 1. The van der Waals surface area contributed by atoms with Crippen LogP contribution in [-0.4, -0.2) is 49.0 Å². The van der Waals surface area contributed by atoms with Crippen molar-refractivity contribution in [1.29, 1.82) is 0 Å². The van der Waals surface area contributed by atoms with E-state index in [-0.39, 0.29) is 23.8 Å². The molecule has 1 amide bonds. The Balaban J connectivity index is 0.00000240. The van der Waals surface area contributed by atoms with Crippen molar-refractivity contribution in [2.45, 2.75) is 0 Å². The van der Waals surface area contributed by atoms with Crippen molar-refractivity contribution in [3.63, 3.8) is 0 Å². The van der Waals surface area contributed by atoms with Gasteiger partial charge in [0, 0.05) is 55.9 Å². The topological polar surface area (TPSA) is 85.4 Å². The maximum Gasteiger partial charge on any atom is 0.252 e. The number of carbonyl (C=O) groups is 1. The lowest BCUT2D eigenvalue weighted by molar-refractivity contribution is 0.0997. The van der Waals surface area contributed by atoms with Crippen LogP contribution in [0.2, 0.25) is 0 Å². The average molecular weight is 420 g/mol. The average Bonchev–Trinajstić information content (AvgIpc) is 3.02. The number of nitrogens with zero attached hydrogens (tertiary/aromatic N) is 3. The fourth-order valence-corrected chi connectivity index (χ4v) is 3.72. The first-order chi connectivity index (χ1) is 13.5. The Kier molecular flexibility index (Phi) is 5.95. The van der Waals surface area contributed by atoms with E-state index < -0.39 is 5.91 Å². The molecule has 3 aromatic rings. The van der Waals surface area contributed by atoms with Crippen molar-refractivity contribution >= 4 is 34.9 Å². The van der Waals surface area contributed by atoms with Crippen LogP contribution < -0.4 is 20.7 Å². The first-order valence-corrected chi connectivity index (χ1v) is 9.09. The summed E-state index contributed by atoms with van der Waals surface area (Å²) in [6.07, 6.45) is 0. The summed E-state index contributed by atoms with van der Waals surface area (Å²) in [6.45, 7) is 3.45. The molecule has 154 valence electrons. The molecule has 1 aromatic heterocycles. The van der Waals surface area contributed by atoms with Gasteiger partial charge >= 0.3 is 0 Å². The van der Waals surface area contributed by atoms with Gasteiger partial charge in [0.1, 0.15) is 11.6 Å². The van der Waals surface area contributed by atoms with E-state index in [0.717, 1.165) is 31.9 Å². The maximum atomic E-state index is 15.1. The molecule has 2 heterocycles. The standard InChI is InChI=1S/C20H22FN5O2.ClH/c1-25-19(14-10-15(20(22)27)18(28-2)11-17(14)24-25)13-4-3-12(9-16(13)21)26-7-5-23-6-8-26;/h3-4,9-11,23H,5-8H2,1-2H3,(H2,22,27);1H. The zero-order valence-corrected chi connectivity index (χ0v) is 17.1. The van der Waals surface area contributed by atoms with E-state index in [1.165, 1.54) is 7.11 Å². The van der Waals surface area contributed by atoms with Crippen molar-refractivity contribution in [3.05, 3.63) is 41.7 Å². The van der Waals surface area contributed by atoms with Crippen LogP contribution in [0.5, 0.6) is 5.75 Å². The minimum absolute atomic E-state index is 0. The predicted octanol–water partition coefficient (Wildman–Crippen LogP) is 2.32. The third-order valence-corrected chi connectivity index (χ3v) is 5.11. The van der Waals surface area contributed by atoms with Gasteiger partial charge in [-0.2, -0.15) is 5.10 Å². The highest BCUT2D eigenvalue weighted by Gasteiger charge is 2.20. The van der Waals surface area contributed by atoms with Crippen molar-refractivity contribution < 1.29 is 13.9 Å². The number of hydrogen-bond donors (Lipinski definition) is 2. The normalized spacial score (nSPS) is 14.0. The number of ether oxygens (including phenoxy) is 1. The fourth-order valence-electron chi connectivity index (χ4n) is 3.72. The van der Waals surface area contributed by atoms with Crippen LogP contribution in [0.1, 0.15) is 10.4 Å². The van der Waals surface area contributed by atoms with Crippen molar-refractivity contribution in [2.24, 2.45) is 12.8 Å². The molecular weight excluding hydrogens is 397 g/mol. The third kappa shape index (κ3) is 3.73. The molecule has 0 saturated carbocycles. The van der Waals surface area contributed by atoms with E-state index in [0.29, 0.717) is 27.9 Å². The van der Waals surface area contributed by atoms with Crippen LogP contribution in [0, 0.1) is 5.82 Å². The number of piperazine rings is 1. The van der Waals surface area contributed by atoms with Crippen LogP contribution in [0.25, 0.3) is 22.2 Å². The molecule has 0 bridgehead atoms. The van der Waals surface area contributed by atoms with Gasteiger partial charge in [0.2, 0.25) is 0 Å². The first kappa shape index (κ1) is 20.9. The fraction of sp³-hybridized carbons (Fsp3) is 0.300. The summed E-state index contributed by atoms with van der Waals surface area (Å²) in [7, 11) is 3.21. The summed E-state index contributed by atoms with van der Waals surface area (Å²) in [5, 5.41) is 8.38. The molecule has 1 aliphatic heterocycles. The molecule has 29 heavy (non-hydrogen) atoms. The Morgan fingerprint density at radius 2 is 1.97 bits per heavy atom. The molecule has 0 aliphatic carbocycles. The van der Waals surface area contributed by atoms with Gasteiger partial charge in [0.25, 0.3) is 5.91 Å². The van der Waals surface area contributed by atoms with E-state index in [9.17, 15) is 4.79 Å². The van der Waals surface area contributed by atoms with E-state index in [2.05, 4.69) is 15.3 Å². The number of aryl methyl sites for hydroxylation is 1. The molecule has 0 atom stereocenters. The Labute approximate surface area is 174 Å². The number of nitrogens with one attached hydrogen (secondary N) is 1. The number of rotatable bonds is 4. The summed E-state index contributed by atoms with van der Waals surface area (Å²) >= 11 is 0. The Bertz CT molecular complexity index is 1060. The number of nitrogens with two attached hydrogens (primary N) is 1. The highest BCUT2D eigenvalue weighted by molar-refractivity contribution is 6.03. The molecule has 4 rings (SSSR count). The molecule has 2 aromatic carbocycles. The molecular formula is C20H23ClFN5O2. The van der Waals surface area contributed by atoms with Crippen LogP contribution in [0.15, 0.2) is 30.3 Å². The summed E-state index contributed by atoms with van der Waals surface area (Å²) in [4.78, 5) is 13.9. The monoisotopic (exact) mass is 419 g/mol. The molecule has 3 N–H and O–H groups in total. The molecule has 0 unspecified atom stereocenters. The quantitative estimate of drug-likeness (QED) is 0.677. The summed E-state index contributed by atoms with van der Waals surface area (Å²) in [6, 6.07) is 8.49. The van der Waals surface area contributed by atoms with Crippen molar-refractivity contribution in [3.8, 4) is 17.0 Å². The second kappa shape index (κ2) is 8.26. The summed E-state index contributed by atoms with van der Waals surface area (Å²) < 4.78 is 21.9. The highest BCUT2D eigenvalue weighted by Crippen LogP contribution is 2.35. The van der Waals surface area contributed by atoms with Gasteiger partial charge in [0.15, 0.2) is 0 Å². The number of carbonyl (C=O) groups excluding carboxylic acids is 1. The Morgan fingerprint density at radius 3 is 2.59 bits per heavy atom. The van der Waals surface area contributed by atoms with Gasteiger partial charge in [-0.15, -0.1) is 12.4 Å². The van der Waals surface area contributed by atoms with Gasteiger partial charge in [-0.25, -0.2) is 4.39 Å². The zero-order chi connectivity index (χ0) is 19.8. The zero-order valence-electron chi connectivity index (χ0n) is 16.2. The largest absolute Gasteiger partial charge is 0.496 e. The van der Waals surface area contributed by atoms with E-state index in [4.69, 9.17) is 10.5 Å². The van der Waals surface area contributed by atoms with Crippen LogP contribution >= 0.6 is 12.4 Å². The molecule has 0 spiro atoms. The number of anilines is 1. The number of primary amides is 1. The van der Waals surface area contributed by atoms with Crippen LogP contribution in [-0.2, 0) is 7.05 Å². The Hall–Kier alpha value is -2.84. The number of halogens is 2. The smallest absolute Gasteiger partial charge is 0.252 e. The van der Waals surface area contributed by atoms with Gasteiger partial charge in [-0.1, -0.05) is 0 Å². The van der Waals surface area contributed by atoms with E-state index in [1.54, 1.807) is 36.0 Å². The molecule has 1 aliphatic rings. The van der Waals surface area contributed by atoms with E-state index in [1.807, 2.05) is 6.07 Å². The summed E-state index contributed by atoms with van der Waals surface area (Å²) in [5.41, 5.74) is 8.18. The molecule has 1 saturated heterocycles. The number of aromatic nitrogens is 2. The van der Waals surface area contributed by atoms with Crippen LogP contribution in [0.3, 0.4) is 0 Å². The minimum atomic E-state index is -0.608. The van der Waals surface area contributed by atoms with Gasteiger partial charge < -0.3 is 20.7 Å². The third-order valence-electron chi connectivity index (χ3n) is 5.11. The van der Waals surface area contributed by atoms with Gasteiger partial charge in [-0.05, 0) is 24.3 Å². The molecule has 9 heteroatoms. The number of benzene rings is 2.